The van der Waals surface area contributed by atoms with Gasteiger partial charge >= 0.3 is 5.97 Å². The van der Waals surface area contributed by atoms with Crippen molar-refractivity contribution in [1.82, 2.24) is 0 Å². The van der Waals surface area contributed by atoms with Crippen LogP contribution in [0.4, 0.5) is 0 Å². The molecule has 0 bridgehead atoms. The molecule has 0 aliphatic heterocycles. The fraction of sp³-hybridized carbons (Fsp3) is 0.889. The molecular weight excluding hydrogens is 156 g/mol. The quantitative estimate of drug-likeness (QED) is 0.580. The average molecular weight is 170 g/mol. The lowest BCUT2D eigenvalue weighted by Gasteiger charge is -2.11. The van der Waals surface area contributed by atoms with Crippen LogP contribution in [-0.2, 0) is 9.53 Å². The molecule has 2 aliphatic rings. The lowest BCUT2D eigenvalue weighted by atomic mass is 10.00. The predicted octanol–water partition coefficient (Wildman–Crippen LogP) is 0.422. The zero-order chi connectivity index (χ0) is 8.88. The van der Waals surface area contributed by atoms with Gasteiger partial charge in [-0.05, 0) is 24.2 Å². The van der Waals surface area contributed by atoms with Gasteiger partial charge in [-0.3, -0.25) is 4.79 Å². The number of hydrogen-bond donors (Lipinski definition) is 1. The molecule has 4 unspecified atom stereocenters. The molecule has 68 valence electrons. The summed E-state index contributed by atoms with van der Waals surface area (Å²) in [6, 6.07) is 0. The van der Waals surface area contributed by atoms with Crippen LogP contribution in [0, 0.1) is 23.7 Å². The maximum atomic E-state index is 11.2. The smallest absolute Gasteiger partial charge is 0.309 e. The summed E-state index contributed by atoms with van der Waals surface area (Å²) in [4.78, 5) is 11.2. The molecule has 12 heavy (non-hydrogen) atoms. The second-order valence-electron chi connectivity index (χ2n) is 3.95. The first-order valence-electron chi connectivity index (χ1n) is 4.42. The maximum absolute atomic E-state index is 11.2. The van der Waals surface area contributed by atoms with E-state index < -0.39 is 0 Å². The maximum Gasteiger partial charge on any atom is 0.309 e. The van der Waals surface area contributed by atoms with Crippen molar-refractivity contribution in [3.8, 4) is 0 Å². The Morgan fingerprint density at radius 2 is 2.17 bits per heavy atom. The lowest BCUT2D eigenvalue weighted by molar-refractivity contribution is -0.146. The largest absolute Gasteiger partial charge is 0.469 e. The molecule has 2 fully saturated rings. The number of ether oxygens (including phenoxy) is 1. The number of aliphatic hydroxyl groups is 1. The van der Waals surface area contributed by atoms with Crippen molar-refractivity contribution in [3.05, 3.63) is 0 Å². The van der Waals surface area contributed by atoms with Crippen LogP contribution in [-0.4, -0.2) is 24.3 Å². The topological polar surface area (TPSA) is 46.5 Å². The third-order valence-corrected chi connectivity index (χ3v) is 3.43. The highest BCUT2D eigenvalue weighted by Crippen LogP contribution is 2.60. The summed E-state index contributed by atoms with van der Waals surface area (Å²) in [5.41, 5.74) is 0. The summed E-state index contributed by atoms with van der Waals surface area (Å²) < 4.78 is 4.68. The molecule has 2 saturated carbocycles. The number of carbonyl (C=O) groups is 1. The molecule has 1 N–H and O–H groups in total. The van der Waals surface area contributed by atoms with Gasteiger partial charge < -0.3 is 9.84 Å². The standard InChI is InChI=1S/C9H14O3/c1-4-7-5(9(11)12-2)3-6(10)8(4)7/h4-8,10H,3H2,1-2H3/t4-,5?,6?,7?,8?/m0/s1. The van der Waals surface area contributed by atoms with E-state index >= 15 is 0 Å². The van der Waals surface area contributed by atoms with E-state index in [0.29, 0.717) is 24.2 Å². The second kappa shape index (κ2) is 2.46. The van der Waals surface area contributed by atoms with Crippen LogP contribution < -0.4 is 0 Å². The van der Waals surface area contributed by atoms with Gasteiger partial charge in [0, 0.05) is 0 Å². The lowest BCUT2D eigenvalue weighted by Crippen LogP contribution is -2.20. The van der Waals surface area contributed by atoms with Gasteiger partial charge in [-0.15, -0.1) is 0 Å². The molecule has 0 aromatic heterocycles. The molecular formula is C9H14O3. The van der Waals surface area contributed by atoms with Crippen LogP contribution >= 0.6 is 0 Å². The van der Waals surface area contributed by atoms with E-state index in [2.05, 4.69) is 11.7 Å². The Morgan fingerprint density at radius 3 is 2.58 bits per heavy atom. The Hall–Kier alpha value is -0.570. The van der Waals surface area contributed by atoms with Gasteiger partial charge in [0.15, 0.2) is 0 Å². The second-order valence-corrected chi connectivity index (χ2v) is 3.95. The number of carbonyl (C=O) groups excluding carboxylic acids is 1. The van der Waals surface area contributed by atoms with Gasteiger partial charge in [0.25, 0.3) is 0 Å². The van der Waals surface area contributed by atoms with Gasteiger partial charge in [0.05, 0.1) is 19.1 Å². The highest BCUT2D eigenvalue weighted by atomic mass is 16.5. The van der Waals surface area contributed by atoms with E-state index in [1.54, 1.807) is 0 Å². The van der Waals surface area contributed by atoms with Gasteiger partial charge in [-0.25, -0.2) is 0 Å². The van der Waals surface area contributed by atoms with E-state index in [0.717, 1.165) is 0 Å². The number of rotatable bonds is 1. The highest BCUT2D eigenvalue weighted by molar-refractivity contribution is 5.74. The van der Waals surface area contributed by atoms with E-state index in [1.165, 1.54) is 7.11 Å². The fourth-order valence-corrected chi connectivity index (χ4v) is 2.75. The predicted molar refractivity (Wildman–Crippen MR) is 42.3 cm³/mol. The van der Waals surface area contributed by atoms with Gasteiger partial charge in [-0.2, -0.15) is 0 Å². The number of aliphatic hydroxyl groups excluding tert-OH is 1. The molecule has 0 amide bonds. The molecule has 5 atom stereocenters. The molecule has 0 heterocycles. The zero-order valence-electron chi connectivity index (χ0n) is 7.36. The average Bonchev–Trinajstić information content (AvgIpc) is 2.56. The highest BCUT2D eigenvalue weighted by Gasteiger charge is 2.62. The molecule has 2 aliphatic carbocycles. The Labute approximate surface area is 71.7 Å². The monoisotopic (exact) mass is 170 g/mol. The third-order valence-electron chi connectivity index (χ3n) is 3.43. The Bertz CT molecular complexity index is 214. The molecule has 0 saturated heterocycles. The zero-order valence-corrected chi connectivity index (χ0v) is 7.36. The SMILES string of the molecule is COC(=O)C1CC(O)C2C1[C@@H]2C. The molecule has 0 aromatic rings. The first-order valence-corrected chi connectivity index (χ1v) is 4.42. The van der Waals surface area contributed by atoms with Crippen LogP contribution in [0.5, 0.6) is 0 Å². The number of methoxy groups -OCH3 is 1. The summed E-state index contributed by atoms with van der Waals surface area (Å²) in [6.45, 7) is 2.09. The van der Waals surface area contributed by atoms with Crippen molar-refractivity contribution < 1.29 is 14.6 Å². The third kappa shape index (κ3) is 0.891. The van der Waals surface area contributed by atoms with Crippen LogP contribution in [0.3, 0.4) is 0 Å². The minimum atomic E-state index is -0.269. The van der Waals surface area contributed by atoms with Crippen molar-refractivity contribution in [2.75, 3.05) is 7.11 Å². The number of fused-ring (bicyclic) bond motifs is 1. The van der Waals surface area contributed by atoms with E-state index in [9.17, 15) is 9.90 Å². The minimum Gasteiger partial charge on any atom is -0.469 e. The first-order chi connectivity index (χ1) is 5.66. The normalized spacial score (nSPS) is 50.1. The first kappa shape index (κ1) is 8.05. The Morgan fingerprint density at radius 1 is 1.50 bits per heavy atom. The molecule has 3 heteroatoms. The molecule has 0 spiro atoms. The van der Waals surface area contributed by atoms with E-state index in [4.69, 9.17) is 0 Å². The summed E-state index contributed by atoms with van der Waals surface area (Å²) >= 11 is 0. The summed E-state index contributed by atoms with van der Waals surface area (Å²) in [7, 11) is 1.41. The van der Waals surface area contributed by atoms with Gasteiger partial charge in [0.2, 0.25) is 0 Å². The molecule has 3 nitrogen and oxygen atoms in total. The van der Waals surface area contributed by atoms with Crippen molar-refractivity contribution >= 4 is 5.97 Å². The van der Waals surface area contributed by atoms with E-state index in [-0.39, 0.29) is 18.0 Å². The summed E-state index contributed by atoms with van der Waals surface area (Å²) in [5.74, 6) is 1.09. The molecule has 2 rings (SSSR count). The summed E-state index contributed by atoms with van der Waals surface area (Å²) in [6.07, 6.45) is 0.334. The van der Waals surface area contributed by atoms with Crippen LogP contribution in [0.25, 0.3) is 0 Å². The fourth-order valence-electron chi connectivity index (χ4n) is 2.75. The molecule has 0 aromatic carbocycles. The van der Waals surface area contributed by atoms with Gasteiger partial charge in [-0.1, -0.05) is 6.92 Å². The molecule has 0 radical (unpaired) electrons. The van der Waals surface area contributed by atoms with Crippen LogP contribution in [0.1, 0.15) is 13.3 Å². The van der Waals surface area contributed by atoms with Crippen LogP contribution in [0.15, 0.2) is 0 Å². The Kier molecular flexibility index (Phi) is 1.65. The number of hydrogen-bond acceptors (Lipinski definition) is 3. The van der Waals surface area contributed by atoms with Crippen LogP contribution in [0.2, 0.25) is 0 Å². The minimum absolute atomic E-state index is 0.0370. The van der Waals surface area contributed by atoms with E-state index in [1.807, 2.05) is 0 Å². The van der Waals surface area contributed by atoms with Crippen molar-refractivity contribution in [2.45, 2.75) is 19.4 Å². The Balaban J connectivity index is 2.06. The van der Waals surface area contributed by atoms with Crippen molar-refractivity contribution in [3.63, 3.8) is 0 Å². The van der Waals surface area contributed by atoms with Crippen molar-refractivity contribution in [1.29, 1.82) is 0 Å². The van der Waals surface area contributed by atoms with Gasteiger partial charge in [0.1, 0.15) is 0 Å². The van der Waals surface area contributed by atoms with Crippen molar-refractivity contribution in [2.24, 2.45) is 23.7 Å². The summed E-state index contributed by atoms with van der Waals surface area (Å²) in [5, 5.41) is 9.52. The number of esters is 1.